The molecule has 0 aromatic carbocycles. The first-order valence-corrected chi connectivity index (χ1v) is 6.86. The maximum Gasteiger partial charge on any atom is 0.128 e. The maximum absolute atomic E-state index is 4.70. The van der Waals surface area contributed by atoms with E-state index in [-0.39, 0.29) is 0 Å². The van der Waals surface area contributed by atoms with Gasteiger partial charge in [0.1, 0.15) is 5.82 Å². The van der Waals surface area contributed by atoms with Gasteiger partial charge in [-0.15, -0.1) is 0 Å². The molecule has 0 saturated heterocycles. The van der Waals surface area contributed by atoms with Crippen LogP contribution in [-0.4, -0.2) is 16.5 Å². The van der Waals surface area contributed by atoms with Crippen LogP contribution < -0.4 is 5.32 Å². The van der Waals surface area contributed by atoms with Crippen LogP contribution in [0, 0.1) is 0 Å². The molecule has 3 nitrogen and oxygen atoms in total. The molecule has 0 fully saturated rings. The lowest BCUT2D eigenvalue weighted by Crippen LogP contribution is -2.15. The van der Waals surface area contributed by atoms with Crippen molar-refractivity contribution in [3.8, 4) is 0 Å². The molecule has 1 aromatic heterocycles. The second kappa shape index (κ2) is 8.18. The van der Waals surface area contributed by atoms with Crippen LogP contribution in [0.15, 0.2) is 6.20 Å². The molecule has 1 aromatic rings. The van der Waals surface area contributed by atoms with Crippen LogP contribution in [0.3, 0.4) is 0 Å². The summed E-state index contributed by atoms with van der Waals surface area (Å²) in [7, 11) is 0. The molecular weight excluding hydrogens is 210 g/mol. The van der Waals surface area contributed by atoms with Gasteiger partial charge in [0.25, 0.3) is 0 Å². The van der Waals surface area contributed by atoms with Crippen LogP contribution in [0.1, 0.15) is 57.1 Å². The van der Waals surface area contributed by atoms with Gasteiger partial charge in [-0.3, -0.25) is 0 Å². The van der Waals surface area contributed by atoms with E-state index in [0.29, 0.717) is 0 Å². The van der Waals surface area contributed by atoms with Gasteiger partial charge in [-0.05, 0) is 19.4 Å². The van der Waals surface area contributed by atoms with E-state index in [0.717, 1.165) is 38.2 Å². The number of unbranched alkanes of at least 4 members (excludes halogenated alkanes) is 1. The fraction of sp³-hybridized carbons (Fsp3) is 0.714. The van der Waals surface area contributed by atoms with Crippen molar-refractivity contribution < 1.29 is 0 Å². The van der Waals surface area contributed by atoms with E-state index in [2.05, 4.69) is 31.1 Å². The van der Waals surface area contributed by atoms with Crippen molar-refractivity contribution in [1.82, 2.24) is 15.3 Å². The monoisotopic (exact) mass is 235 g/mol. The van der Waals surface area contributed by atoms with E-state index in [1.54, 1.807) is 0 Å². The Morgan fingerprint density at radius 3 is 2.59 bits per heavy atom. The third-order valence-corrected chi connectivity index (χ3v) is 2.81. The van der Waals surface area contributed by atoms with Crippen LogP contribution in [0.4, 0.5) is 0 Å². The minimum Gasteiger partial charge on any atom is -0.313 e. The van der Waals surface area contributed by atoms with Crippen molar-refractivity contribution in [2.45, 2.75) is 59.4 Å². The average molecular weight is 235 g/mol. The molecule has 96 valence electrons. The zero-order chi connectivity index (χ0) is 12.5. The Bertz CT molecular complexity index is 323. The summed E-state index contributed by atoms with van der Waals surface area (Å²) >= 11 is 0. The minimum atomic E-state index is 0.889. The number of aryl methyl sites for hydroxylation is 2. The fourth-order valence-corrected chi connectivity index (χ4v) is 1.80. The molecule has 0 saturated carbocycles. The van der Waals surface area contributed by atoms with Gasteiger partial charge in [0.15, 0.2) is 0 Å². The summed E-state index contributed by atoms with van der Waals surface area (Å²) in [5.41, 5.74) is 2.49. The van der Waals surface area contributed by atoms with Crippen molar-refractivity contribution in [2.24, 2.45) is 0 Å². The summed E-state index contributed by atoms with van der Waals surface area (Å²) in [5.74, 6) is 1.01. The van der Waals surface area contributed by atoms with Crippen LogP contribution in [0.25, 0.3) is 0 Å². The molecule has 0 atom stereocenters. The molecule has 17 heavy (non-hydrogen) atoms. The molecule has 0 unspecified atom stereocenters. The average Bonchev–Trinajstić information content (AvgIpc) is 2.35. The third-order valence-electron chi connectivity index (χ3n) is 2.81. The highest BCUT2D eigenvalue weighted by atomic mass is 14.9. The SMILES string of the molecule is CCCCc1ncc(CNCC)c(CCC)n1. The summed E-state index contributed by atoms with van der Waals surface area (Å²) < 4.78 is 0. The Kier molecular flexibility index (Phi) is 6.78. The van der Waals surface area contributed by atoms with Crippen molar-refractivity contribution in [3.05, 3.63) is 23.3 Å². The Hall–Kier alpha value is -0.960. The lowest BCUT2D eigenvalue weighted by atomic mass is 10.1. The summed E-state index contributed by atoms with van der Waals surface area (Å²) in [6, 6.07) is 0. The summed E-state index contributed by atoms with van der Waals surface area (Å²) in [5, 5.41) is 3.35. The molecule has 1 N–H and O–H groups in total. The lowest BCUT2D eigenvalue weighted by molar-refractivity contribution is 0.688. The first-order valence-electron chi connectivity index (χ1n) is 6.86. The first kappa shape index (κ1) is 14.1. The van der Waals surface area contributed by atoms with Crippen molar-refractivity contribution in [3.63, 3.8) is 0 Å². The molecule has 0 bridgehead atoms. The highest BCUT2D eigenvalue weighted by Gasteiger charge is 2.06. The van der Waals surface area contributed by atoms with Crippen LogP contribution in [-0.2, 0) is 19.4 Å². The Morgan fingerprint density at radius 2 is 1.94 bits per heavy atom. The van der Waals surface area contributed by atoms with E-state index in [1.165, 1.54) is 24.1 Å². The number of hydrogen-bond donors (Lipinski definition) is 1. The summed E-state index contributed by atoms with van der Waals surface area (Å²) in [4.78, 5) is 9.16. The second-order valence-electron chi connectivity index (χ2n) is 4.39. The quantitative estimate of drug-likeness (QED) is 0.753. The molecule has 3 heteroatoms. The van der Waals surface area contributed by atoms with Gasteiger partial charge in [0, 0.05) is 30.4 Å². The molecular formula is C14H25N3. The van der Waals surface area contributed by atoms with E-state index in [1.807, 2.05) is 6.20 Å². The summed E-state index contributed by atoms with van der Waals surface area (Å²) in [6.45, 7) is 8.40. The van der Waals surface area contributed by atoms with Crippen molar-refractivity contribution in [1.29, 1.82) is 0 Å². The predicted octanol–water partition coefficient (Wildman–Crippen LogP) is 2.88. The molecule has 0 spiro atoms. The molecule has 0 radical (unpaired) electrons. The van der Waals surface area contributed by atoms with Crippen LogP contribution in [0.5, 0.6) is 0 Å². The molecule has 0 aliphatic carbocycles. The summed E-state index contributed by atoms with van der Waals surface area (Å²) in [6.07, 6.45) is 7.59. The predicted molar refractivity (Wildman–Crippen MR) is 72.0 cm³/mol. The Morgan fingerprint density at radius 1 is 1.12 bits per heavy atom. The zero-order valence-corrected chi connectivity index (χ0v) is 11.4. The smallest absolute Gasteiger partial charge is 0.128 e. The van der Waals surface area contributed by atoms with E-state index < -0.39 is 0 Å². The van der Waals surface area contributed by atoms with Crippen molar-refractivity contribution >= 4 is 0 Å². The van der Waals surface area contributed by atoms with Gasteiger partial charge >= 0.3 is 0 Å². The Labute approximate surface area is 105 Å². The van der Waals surface area contributed by atoms with Crippen LogP contribution >= 0.6 is 0 Å². The highest BCUT2D eigenvalue weighted by molar-refractivity contribution is 5.18. The zero-order valence-electron chi connectivity index (χ0n) is 11.4. The van der Waals surface area contributed by atoms with E-state index in [4.69, 9.17) is 4.98 Å². The number of nitrogens with one attached hydrogen (secondary N) is 1. The first-order chi connectivity index (χ1) is 8.31. The lowest BCUT2D eigenvalue weighted by Gasteiger charge is -2.09. The Balaban J connectivity index is 2.75. The largest absolute Gasteiger partial charge is 0.313 e. The number of nitrogens with zero attached hydrogens (tertiary/aromatic N) is 2. The maximum atomic E-state index is 4.70. The second-order valence-corrected chi connectivity index (χ2v) is 4.39. The minimum absolute atomic E-state index is 0.889. The molecule has 0 aliphatic rings. The van der Waals surface area contributed by atoms with Crippen LogP contribution in [0.2, 0.25) is 0 Å². The fourth-order valence-electron chi connectivity index (χ4n) is 1.80. The van der Waals surface area contributed by atoms with Gasteiger partial charge in [0.05, 0.1) is 0 Å². The van der Waals surface area contributed by atoms with E-state index >= 15 is 0 Å². The number of rotatable bonds is 8. The number of hydrogen-bond acceptors (Lipinski definition) is 3. The molecule has 1 heterocycles. The van der Waals surface area contributed by atoms with Crippen molar-refractivity contribution in [2.75, 3.05) is 6.54 Å². The van der Waals surface area contributed by atoms with Gasteiger partial charge < -0.3 is 5.32 Å². The molecule has 0 aliphatic heterocycles. The normalized spacial score (nSPS) is 10.8. The topological polar surface area (TPSA) is 37.8 Å². The highest BCUT2D eigenvalue weighted by Crippen LogP contribution is 2.09. The van der Waals surface area contributed by atoms with Gasteiger partial charge in [0.2, 0.25) is 0 Å². The number of aromatic nitrogens is 2. The van der Waals surface area contributed by atoms with E-state index in [9.17, 15) is 0 Å². The molecule has 0 amide bonds. The third kappa shape index (κ3) is 4.82. The van der Waals surface area contributed by atoms with Gasteiger partial charge in [-0.1, -0.05) is 33.6 Å². The van der Waals surface area contributed by atoms with Gasteiger partial charge in [-0.2, -0.15) is 0 Å². The van der Waals surface area contributed by atoms with Gasteiger partial charge in [-0.25, -0.2) is 9.97 Å². The molecule has 1 rings (SSSR count). The standard InChI is InChI=1S/C14H25N3/c1-4-7-9-14-16-11-12(10-15-6-3)13(17-14)8-5-2/h11,15H,4-10H2,1-3H3.